The third kappa shape index (κ3) is 2.49. The number of piperazine rings is 1. The largest absolute Gasteiger partial charge is 0.313 e. The molecule has 6 nitrogen and oxygen atoms in total. The molecule has 0 spiro atoms. The van der Waals surface area contributed by atoms with Gasteiger partial charge < -0.3 is 5.32 Å². The Bertz CT molecular complexity index is 705. The van der Waals surface area contributed by atoms with Crippen molar-refractivity contribution in [3.63, 3.8) is 0 Å². The molecule has 8 heteroatoms. The van der Waals surface area contributed by atoms with E-state index in [2.05, 4.69) is 5.32 Å². The molecule has 0 saturated carbocycles. The Morgan fingerprint density at radius 1 is 1.40 bits per heavy atom. The molecule has 1 aromatic carbocycles. The zero-order valence-corrected chi connectivity index (χ0v) is 11.2. The van der Waals surface area contributed by atoms with Crippen LogP contribution in [0.3, 0.4) is 0 Å². The molecule has 1 aliphatic rings. The maximum Gasteiger partial charge on any atom is 0.244 e. The van der Waals surface area contributed by atoms with Gasteiger partial charge in [-0.05, 0) is 18.2 Å². The highest BCUT2D eigenvalue weighted by Gasteiger charge is 2.33. The predicted molar refractivity (Wildman–Crippen MR) is 67.3 cm³/mol. The summed E-state index contributed by atoms with van der Waals surface area (Å²) in [5, 5.41) is 20.7. The molecule has 0 amide bonds. The van der Waals surface area contributed by atoms with Gasteiger partial charge in [0.1, 0.15) is 17.9 Å². The van der Waals surface area contributed by atoms with Crippen molar-refractivity contribution < 1.29 is 12.8 Å². The van der Waals surface area contributed by atoms with Crippen molar-refractivity contribution in [2.45, 2.75) is 10.9 Å². The number of rotatable bonds is 2. The van der Waals surface area contributed by atoms with Crippen LogP contribution in [-0.2, 0) is 10.0 Å². The Labute approximate surface area is 116 Å². The van der Waals surface area contributed by atoms with Crippen molar-refractivity contribution in [1.29, 1.82) is 10.5 Å². The third-order valence-corrected chi connectivity index (χ3v) is 4.91. The molecule has 0 bridgehead atoms. The standard InChI is InChI=1S/C12H11FN4O2S/c13-12-2-1-11(5-9(12)6-14)20(18,19)17-4-3-16-8-10(17)7-15/h1-2,5,10,16H,3-4,8H2. The first-order valence-electron chi connectivity index (χ1n) is 5.82. The monoisotopic (exact) mass is 294 g/mol. The molecule has 1 aliphatic heterocycles. The summed E-state index contributed by atoms with van der Waals surface area (Å²) in [5.41, 5.74) is -0.338. The predicted octanol–water partition coefficient (Wildman–Crippen LogP) is 0.183. The van der Waals surface area contributed by atoms with Crippen LogP contribution in [0.1, 0.15) is 5.56 Å². The van der Waals surface area contributed by atoms with Gasteiger partial charge in [-0.25, -0.2) is 12.8 Å². The van der Waals surface area contributed by atoms with Crippen LogP contribution in [0.15, 0.2) is 23.1 Å². The minimum Gasteiger partial charge on any atom is -0.313 e. The van der Waals surface area contributed by atoms with E-state index in [1.165, 1.54) is 0 Å². The number of halogens is 1. The lowest BCUT2D eigenvalue weighted by Crippen LogP contribution is -2.52. The number of hydrogen-bond donors (Lipinski definition) is 1. The van der Waals surface area contributed by atoms with E-state index in [1.54, 1.807) is 6.07 Å². The van der Waals surface area contributed by atoms with Gasteiger partial charge in [0.15, 0.2) is 0 Å². The van der Waals surface area contributed by atoms with Gasteiger partial charge in [-0.15, -0.1) is 0 Å². The van der Waals surface area contributed by atoms with E-state index in [4.69, 9.17) is 10.5 Å². The summed E-state index contributed by atoms with van der Waals surface area (Å²) in [5.74, 6) is -0.774. The molecule has 0 radical (unpaired) electrons. The van der Waals surface area contributed by atoms with Crippen molar-refractivity contribution in [1.82, 2.24) is 9.62 Å². The van der Waals surface area contributed by atoms with Crippen LogP contribution < -0.4 is 5.32 Å². The van der Waals surface area contributed by atoms with Crippen LogP contribution in [0.4, 0.5) is 4.39 Å². The number of sulfonamides is 1. The van der Waals surface area contributed by atoms with Gasteiger partial charge in [0.05, 0.1) is 16.5 Å². The number of nitrogens with one attached hydrogen (secondary N) is 1. The average Bonchev–Trinajstić information content (AvgIpc) is 2.47. The second-order valence-corrected chi connectivity index (χ2v) is 6.11. The number of hydrogen-bond acceptors (Lipinski definition) is 5. The molecule has 1 aromatic rings. The molecule has 0 aliphatic carbocycles. The van der Waals surface area contributed by atoms with E-state index in [0.717, 1.165) is 22.5 Å². The van der Waals surface area contributed by atoms with Gasteiger partial charge in [-0.3, -0.25) is 0 Å². The highest BCUT2D eigenvalue weighted by molar-refractivity contribution is 7.89. The normalized spacial score (nSPS) is 20.1. The quantitative estimate of drug-likeness (QED) is 0.839. The van der Waals surface area contributed by atoms with E-state index < -0.39 is 21.9 Å². The number of nitriles is 2. The lowest BCUT2D eigenvalue weighted by molar-refractivity contribution is 0.312. The summed E-state index contributed by atoms with van der Waals surface area (Å²) in [4.78, 5) is -0.183. The van der Waals surface area contributed by atoms with Crippen LogP contribution in [-0.4, -0.2) is 38.4 Å². The second kappa shape index (κ2) is 5.55. The molecule has 104 valence electrons. The maximum absolute atomic E-state index is 13.2. The number of nitrogens with zero attached hydrogens (tertiary/aromatic N) is 3. The molecule has 0 aromatic heterocycles. The molecule has 1 unspecified atom stereocenters. The first-order valence-corrected chi connectivity index (χ1v) is 7.26. The van der Waals surface area contributed by atoms with Crippen molar-refractivity contribution in [2.75, 3.05) is 19.6 Å². The topological polar surface area (TPSA) is 97.0 Å². The van der Waals surface area contributed by atoms with Gasteiger partial charge in [-0.2, -0.15) is 14.8 Å². The number of benzene rings is 1. The van der Waals surface area contributed by atoms with Crippen LogP contribution in [0.2, 0.25) is 0 Å². The summed E-state index contributed by atoms with van der Waals surface area (Å²) in [6.07, 6.45) is 0. The van der Waals surface area contributed by atoms with E-state index >= 15 is 0 Å². The third-order valence-electron chi connectivity index (χ3n) is 3.01. The first-order chi connectivity index (χ1) is 9.50. The molecule has 20 heavy (non-hydrogen) atoms. The Morgan fingerprint density at radius 2 is 2.15 bits per heavy atom. The van der Waals surface area contributed by atoms with E-state index in [1.807, 2.05) is 6.07 Å². The lowest BCUT2D eigenvalue weighted by atomic mass is 10.2. The molecule has 1 atom stereocenters. The highest BCUT2D eigenvalue weighted by Crippen LogP contribution is 2.21. The second-order valence-electron chi connectivity index (χ2n) is 4.22. The van der Waals surface area contributed by atoms with E-state index in [0.29, 0.717) is 6.54 Å². The first kappa shape index (κ1) is 14.4. The molecule has 2 rings (SSSR count). The maximum atomic E-state index is 13.2. The Morgan fingerprint density at radius 3 is 2.80 bits per heavy atom. The van der Waals surface area contributed by atoms with Crippen LogP contribution in [0.25, 0.3) is 0 Å². The summed E-state index contributed by atoms with van der Waals surface area (Å²) in [6.45, 7) is 0.825. The van der Waals surface area contributed by atoms with Crippen molar-refractivity contribution in [2.24, 2.45) is 0 Å². The van der Waals surface area contributed by atoms with Gasteiger partial charge in [0.25, 0.3) is 0 Å². The fourth-order valence-electron chi connectivity index (χ4n) is 1.97. The van der Waals surface area contributed by atoms with Crippen molar-refractivity contribution >= 4 is 10.0 Å². The van der Waals surface area contributed by atoms with Gasteiger partial charge in [0, 0.05) is 19.6 Å². The van der Waals surface area contributed by atoms with Gasteiger partial charge >= 0.3 is 0 Å². The Kier molecular flexibility index (Phi) is 4.00. The van der Waals surface area contributed by atoms with Crippen LogP contribution in [0, 0.1) is 28.5 Å². The van der Waals surface area contributed by atoms with Crippen LogP contribution in [0.5, 0.6) is 0 Å². The Balaban J connectivity index is 2.45. The molecular weight excluding hydrogens is 283 g/mol. The zero-order chi connectivity index (χ0) is 14.8. The molecule has 1 heterocycles. The highest BCUT2D eigenvalue weighted by atomic mass is 32.2. The summed E-state index contributed by atoms with van der Waals surface area (Å²) in [6, 6.07) is 5.73. The SMILES string of the molecule is N#Cc1cc(S(=O)(=O)N2CCNCC2C#N)ccc1F. The molecule has 1 fully saturated rings. The van der Waals surface area contributed by atoms with Gasteiger partial charge in [0.2, 0.25) is 10.0 Å². The Hall–Kier alpha value is -2.00. The minimum absolute atomic E-state index is 0.153. The molecule has 1 N–H and O–H groups in total. The van der Waals surface area contributed by atoms with Crippen molar-refractivity contribution in [3.8, 4) is 12.1 Å². The lowest BCUT2D eigenvalue weighted by Gasteiger charge is -2.30. The van der Waals surface area contributed by atoms with Crippen LogP contribution >= 0.6 is 0 Å². The molecule has 1 saturated heterocycles. The average molecular weight is 294 g/mol. The minimum atomic E-state index is -3.92. The van der Waals surface area contributed by atoms with Crippen molar-refractivity contribution in [3.05, 3.63) is 29.6 Å². The smallest absolute Gasteiger partial charge is 0.244 e. The fourth-order valence-corrected chi connectivity index (χ4v) is 3.54. The van der Waals surface area contributed by atoms with E-state index in [9.17, 15) is 12.8 Å². The van der Waals surface area contributed by atoms with Gasteiger partial charge in [-0.1, -0.05) is 0 Å². The zero-order valence-electron chi connectivity index (χ0n) is 10.4. The summed E-state index contributed by atoms with van der Waals surface area (Å²) < 4.78 is 39.2. The van der Waals surface area contributed by atoms with E-state index in [-0.39, 0.29) is 23.5 Å². The summed E-state index contributed by atoms with van der Waals surface area (Å²) in [7, 11) is -3.92. The summed E-state index contributed by atoms with van der Waals surface area (Å²) >= 11 is 0. The fraction of sp³-hybridized carbons (Fsp3) is 0.333. The molecular formula is C12H11FN4O2S.